The van der Waals surface area contributed by atoms with Crippen molar-refractivity contribution in [3.05, 3.63) is 47.9 Å². The fraction of sp³-hybridized carbons (Fsp3) is 0. The molecule has 0 spiro atoms. The standard InChI is InChI=1S/C11H7ClN6O/c12-9-3-10(15-6-14-9)17-11(19)7-4-16-18-2-1-13-5-8(7)18/h1-6H,(H,14,15,17,19). The van der Waals surface area contributed by atoms with E-state index in [1.54, 1.807) is 23.1 Å². The van der Waals surface area contributed by atoms with E-state index in [0.29, 0.717) is 16.9 Å². The summed E-state index contributed by atoms with van der Waals surface area (Å²) >= 11 is 5.72. The molecule has 0 aliphatic rings. The van der Waals surface area contributed by atoms with Crippen LogP contribution in [0.4, 0.5) is 5.82 Å². The molecule has 1 N–H and O–H groups in total. The highest BCUT2D eigenvalue weighted by molar-refractivity contribution is 6.29. The van der Waals surface area contributed by atoms with Gasteiger partial charge in [0, 0.05) is 18.5 Å². The average molecular weight is 275 g/mol. The van der Waals surface area contributed by atoms with E-state index >= 15 is 0 Å². The van der Waals surface area contributed by atoms with Gasteiger partial charge in [-0.1, -0.05) is 11.6 Å². The number of hydrogen-bond donors (Lipinski definition) is 1. The van der Waals surface area contributed by atoms with Crippen molar-refractivity contribution in [1.82, 2.24) is 24.6 Å². The van der Waals surface area contributed by atoms with Crippen LogP contribution >= 0.6 is 11.6 Å². The molecule has 3 rings (SSSR count). The van der Waals surface area contributed by atoms with Crippen LogP contribution in [0.25, 0.3) is 5.52 Å². The van der Waals surface area contributed by atoms with Crippen LogP contribution in [-0.2, 0) is 0 Å². The van der Waals surface area contributed by atoms with Gasteiger partial charge >= 0.3 is 0 Å². The third kappa shape index (κ3) is 2.23. The van der Waals surface area contributed by atoms with Gasteiger partial charge in [0.2, 0.25) is 0 Å². The molecule has 0 unspecified atom stereocenters. The first-order chi connectivity index (χ1) is 9.24. The molecule has 3 aromatic heterocycles. The Morgan fingerprint density at radius 1 is 1.32 bits per heavy atom. The van der Waals surface area contributed by atoms with Gasteiger partial charge in [-0.05, 0) is 0 Å². The molecule has 0 aliphatic carbocycles. The summed E-state index contributed by atoms with van der Waals surface area (Å²) < 4.78 is 1.56. The number of nitrogens with one attached hydrogen (secondary N) is 1. The molecule has 0 saturated heterocycles. The van der Waals surface area contributed by atoms with Crippen LogP contribution in [0.2, 0.25) is 5.15 Å². The summed E-state index contributed by atoms with van der Waals surface area (Å²) in [7, 11) is 0. The number of nitrogens with zero attached hydrogens (tertiary/aromatic N) is 5. The summed E-state index contributed by atoms with van der Waals surface area (Å²) in [5.74, 6) is -0.00833. The van der Waals surface area contributed by atoms with E-state index in [-0.39, 0.29) is 11.1 Å². The van der Waals surface area contributed by atoms with Gasteiger partial charge < -0.3 is 5.32 Å². The molecule has 0 saturated carbocycles. The molecule has 0 aliphatic heterocycles. The first-order valence-electron chi connectivity index (χ1n) is 5.30. The number of fused-ring (bicyclic) bond motifs is 1. The predicted octanol–water partition coefficient (Wildman–Crippen LogP) is 1.42. The van der Waals surface area contributed by atoms with Gasteiger partial charge in [-0.2, -0.15) is 5.10 Å². The van der Waals surface area contributed by atoms with Crippen LogP contribution in [0.1, 0.15) is 10.4 Å². The van der Waals surface area contributed by atoms with Crippen LogP contribution in [0.5, 0.6) is 0 Å². The number of carbonyl (C=O) groups is 1. The molecule has 8 heteroatoms. The maximum Gasteiger partial charge on any atom is 0.260 e. The zero-order valence-corrected chi connectivity index (χ0v) is 10.2. The normalized spacial score (nSPS) is 10.6. The van der Waals surface area contributed by atoms with E-state index < -0.39 is 0 Å². The Balaban J connectivity index is 1.92. The molecular formula is C11H7ClN6O. The zero-order valence-electron chi connectivity index (χ0n) is 9.49. The number of amides is 1. The highest BCUT2D eigenvalue weighted by Crippen LogP contribution is 2.13. The first kappa shape index (κ1) is 11.5. The van der Waals surface area contributed by atoms with Crippen molar-refractivity contribution in [2.75, 3.05) is 5.32 Å². The largest absolute Gasteiger partial charge is 0.306 e. The van der Waals surface area contributed by atoms with Crippen molar-refractivity contribution in [3.63, 3.8) is 0 Å². The Morgan fingerprint density at radius 3 is 3.05 bits per heavy atom. The molecule has 7 nitrogen and oxygen atoms in total. The van der Waals surface area contributed by atoms with E-state index in [0.717, 1.165) is 0 Å². The van der Waals surface area contributed by atoms with Crippen molar-refractivity contribution in [3.8, 4) is 0 Å². The fourth-order valence-electron chi connectivity index (χ4n) is 1.59. The Bertz CT molecular complexity index is 756. The van der Waals surface area contributed by atoms with Crippen LogP contribution < -0.4 is 5.32 Å². The number of aromatic nitrogens is 5. The van der Waals surface area contributed by atoms with Gasteiger partial charge in [0.25, 0.3) is 5.91 Å². The van der Waals surface area contributed by atoms with Crippen LogP contribution in [-0.4, -0.2) is 30.5 Å². The number of anilines is 1. The summed E-state index contributed by atoms with van der Waals surface area (Å²) in [5.41, 5.74) is 1.02. The fourth-order valence-corrected chi connectivity index (χ4v) is 1.74. The van der Waals surface area contributed by atoms with Gasteiger partial charge in [-0.3, -0.25) is 9.78 Å². The lowest BCUT2D eigenvalue weighted by atomic mass is 10.3. The minimum atomic E-state index is -0.335. The Kier molecular flexibility index (Phi) is 2.81. The average Bonchev–Trinajstić information content (AvgIpc) is 2.82. The second kappa shape index (κ2) is 4.62. The number of halogens is 1. The summed E-state index contributed by atoms with van der Waals surface area (Å²) in [6.45, 7) is 0. The van der Waals surface area contributed by atoms with Crippen LogP contribution in [0, 0.1) is 0 Å². The van der Waals surface area contributed by atoms with Gasteiger partial charge in [0.15, 0.2) is 0 Å². The number of carbonyl (C=O) groups excluding carboxylic acids is 1. The highest BCUT2D eigenvalue weighted by Gasteiger charge is 2.13. The molecule has 0 bridgehead atoms. The van der Waals surface area contributed by atoms with Crippen LogP contribution in [0.15, 0.2) is 37.2 Å². The van der Waals surface area contributed by atoms with Gasteiger partial charge in [0.1, 0.15) is 17.3 Å². The minimum absolute atomic E-state index is 0.256. The van der Waals surface area contributed by atoms with Crippen molar-refractivity contribution in [2.45, 2.75) is 0 Å². The maximum absolute atomic E-state index is 12.1. The summed E-state index contributed by atoms with van der Waals surface area (Å²) in [6.07, 6.45) is 7.55. The van der Waals surface area contributed by atoms with E-state index in [2.05, 4.69) is 25.4 Å². The Labute approximate surface area is 112 Å². The van der Waals surface area contributed by atoms with Gasteiger partial charge in [-0.25, -0.2) is 14.5 Å². The topological polar surface area (TPSA) is 85.1 Å². The molecule has 0 radical (unpaired) electrons. The van der Waals surface area contributed by atoms with E-state index in [1.807, 2.05) is 0 Å². The first-order valence-corrected chi connectivity index (χ1v) is 5.68. The summed E-state index contributed by atoms with van der Waals surface area (Å²) in [6, 6.07) is 1.46. The van der Waals surface area contributed by atoms with E-state index in [4.69, 9.17) is 11.6 Å². The molecule has 0 atom stereocenters. The van der Waals surface area contributed by atoms with E-state index in [1.165, 1.54) is 18.6 Å². The second-order valence-electron chi connectivity index (χ2n) is 3.64. The molecule has 0 aromatic carbocycles. The smallest absolute Gasteiger partial charge is 0.260 e. The number of rotatable bonds is 2. The Hall–Kier alpha value is -2.54. The van der Waals surface area contributed by atoms with Crippen molar-refractivity contribution in [2.24, 2.45) is 0 Å². The molecule has 94 valence electrons. The van der Waals surface area contributed by atoms with E-state index in [9.17, 15) is 4.79 Å². The SMILES string of the molecule is O=C(Nc1cc(Cl)ncn1)c1cnn2ccncc12. The quantitative estimate of drug-likeness (QED) is 0.715. The van der Waals surface area contributed by atoms with Gasteiger partial charge in [0.05, 0.1) is 23.5 Å². The van der Waals surface area contributed by atoms with Crippen LogP contribution in [0.3, 0.4) is 0 Å². The third-order valence-corrected chi connectivity index (χ3v) is 2.65. The summed E-state index contributed by atoms with van der Waals surface area (Å²) in [5, 5.41) is 6.93. The summed E-state index contributed by atoms with van der Waals surface area (Å²) in [4.78, 5) is 23.7. The minimum Gasteiger partial charge on any atom is -0.306 e. The molecular weight excluding hydrogens is 268 g/mol. The third-order valence-electron chi connectivity index (χ3n) is 2.44. The molecule has 3 aromatic rings. The zero-order chi connectivity index (χ0) is 13.2. The highest BCUT2D eigenvalue weighted by atomic mass is 35.5. The second-order valence-corrected chi connectivity index (χ2v) is 4.03. The molecule has 19 heavy (non-hydrogen) atoms. The van der Waals surface area contributed by atoms with Crippen molar-refractivity contribution in [1.29, 1.82) is 0 Å². The molecule has 3 heterocycles. The lowest BCUT2D eigenvalue weighted by molar-refractivity contribution is 0.102. The Morgan fingerprint density at radius 2 is 2.21 bits per heavy atom. The van der Waals surface area contributed by atoms with Gasteiger partial charge in [-0.15, -0.1) is 0 Å². The lowest BCUT2D eigenvalue weighted by Gasteiger charge is -2.02. The number of hydrogen-bond acceptors (Lipinski definition) is 5. The monoisotopic (exact) mass is 274 g/mol. The van der Waals surface area contributed by atoms with Crippen molar-refractivity contribution < 1.29 is 4.79 Å². The molecule has 1 amide bonds. The lowest BCUT2D eigenvalue weighted by Crippen LogP contribution is -2.12. The molecule has 0 fully saturated rings. The van der Waals surface area contributed by atoms with Crippen molar-refractivity contribution >= 4 is 28.8 Å². The maximum atomic E-state index is 12.1. The predicted molar refractivity (Wildman–Crippen MR) is 68.0 cm³/mol.